The van der Waals surface area contributed by atoms with Crippen LogP contribution in [0.5, 0.6) is 23.0 Å². The van der Waals surface area contributed by atoms with Crippen LogP contribution >= 0.6 is 0 Å². The monoisotopic (exact) mass is 566 g/mol. The number of hydrogen-bond donors (Lipinski definition) is 2. The highest BCUT2D eigenvalue weighted by molar-refractivity contribution is 6.11. The molecule has 0 saturated carbocycles. The van der Waals surface area contributed by atoms with E-state index in [1.54, 1.807) is 72.8 Å². The van der Waals surface area contributed by atoms with E-state index in [2.05, 4.69) is 0 Å². The van der Waals surface area contributed by atoms with Gasteiger partial charge in [0.1, 0.15) is 23.0 Å². The Morgan fingerprint density at radius 1 is 0.476 bits per heavy atom. The van der Waals surface area contributed by atoms with Crippen LogP contribution in [0.25, 0.3) is 0 Å². The third kappa shape index (κ3) is 8.96. The van der Waals surface area contributed by atoms with Crippen LogP contribution in [0.2, 0.25) is 0 Å². The Bertz CT molecular complexity index is 1320. The van der Waals surface area contributed by atoms with E-state index in [9.17, 15) is 19.8 Å². The topological polar surface area (TPSA) is 93.1 Å². The molecule has 0 spiro atoms. The molecule has 0 aliphatic carbocycles. The summed E-state index contributed by atoms with van der Waals surface area (Å²) in [5, 5.41) is 20.6. The summed E-state index contributed by atoms with van der Waals surface area (Å²) in [6.07, 6.45) is 8.64. The molecule has 6 heteroatoms. The number of phenols is 2. The fourth-order valence-corrected chi connectivity index (χ4v) is 4.72. The van der Waals surface area contributed by atoms with Gasteiger partial charge in [0.05, 0.1) is 24.3 Å². The molecule has 0 atom stereocenters. The molecular formula is C36H38O6. The summed E-state index contributed by atoms with van der Waals surface area (Å²) in [5.41, 5.74) is 1.61. The van der Waals surface area contributed by atoms with Gasteiger partial charge in [0.2, 0.25) is 0 Å². The van der Waals surface area contributed by atoms with Crippen LogP contribution < -0.4 is 9.47 Å². The maximum Gasteiger partial charge on any atom is 0.196 e. The first-order valence-electron chi connectivity index (χ1n) is 14.6. The van der Waals surface area contributed by atoms with Crippen molar-refractivity contribution < 1.29 is 29.3 Å². The quantitative estimate of drug-likeness (QED) is 0.0990. The molecule has 0 radical (unpaired) electrons. The first-order valence-corrected chi connectivity index (χ1v) is 14.6. The summed E-state index contributed by atoms with van der Waals surface area (Å²) >= 11 is 0. The van der Waals surface area contributed by atoms with Crippen molar-refractivity contribution in [2.45, 2.75) is 51.4 Å². The molecule has 0 saturated heterocycles. The van der Waals surface area contributed by atoms with Gasteiger partial charge in [0, 0.05) is 23.3 Å². The van der Waals surface area contributed by atoms with E-state index in [0.29, 0.717) is 35.8 Å². The Labute approximate surface area is 247 Å². The highest BCUT2D eigenvalue weighted by Crippen LogP contribution is 2.27. The number of carbonyl (C=O) groups excluding carboxylic acids is 2. The van der Waals surface area contributed by atoms with Crippen molar-refractivity contribution in [1.82, 2.24) is 0 Å². The molecule has 2 N–H and O–H groups in total. The Balaban J connectivity index is 1.02. The van der Waals surface area contributed by atoms with Crippen molar-refractivity contribution in [3.8, 4) is 23.0 Å². The van der Waals surface area contributed by atoms with Crippen LogP contribution in [-0.4, -0.2) is 35.0 Å². The molecule has 0 amide bonds. The van der Waals surface area contributed by atoms with Gasteiger partial charge in [-0.05, 0) is 37.1 Å². The largest absolute Gasteiger partial charge is 0.507 e. The molecule has 0 fully saturated rings. The molecule has 0 aliphatic heterocycles. The minimum atomic E-state index is -0.212. The lowest BCUT2D eigenvalue weighted by Crippen LogP contribution is -2.02. The van der Waals surface area contributed by atoms with Gasteiger partial charge in [-0.2, -0.15) is 0 Å². The van der Waals surface area contributed by atoms with Gasteiger partial charge < -0.3 is 19.7 Å². The third-order valence-electron chi connectivity index (χ3n) is 7.08. The van der Waals surface area contributed by atoms with Crippen molar-refractivity contribution >= 4 is 11.6 Å². The molecular weight excluding hydrogens is 528 g/mol. The molecule has 0 heterocycles. The average molecular weight is 567 g/mol. The number of carbonyl (C=O) groups is 2. The zero-order valence-corrected chi connectivity index (χ0v) is 23.8. The SMILES string of the molecule is O=C(c1ccccc1)c1ccc(OCCCCCCCCCCOc2ccc(C(=O)c3ccccc3)c(O)c2)cc1O. The van der Waals surface area contributed by atoms with Crippen LogP contribution in [0.15, 0.2) is 97.1 Å². The van der Waals surface area contributed by atoms with E-state index in [1.165, 1.54) is 25.0 Å². The second kappa shape index (κ2) is 16.0. The molecule has 0 aromatic heterocycles. The Hall–Kier alpha value is -4.58. The number of ether oxygens (including phenoxy) is 2. The summed E-state index contributed by atoms with van der Waals surface area (Å²) in [4.78, 5) is 25.1. The number of ketones is 2. The Morgan fingerprint density at radius 3 is 1.19 bits per heavy atom. The Kier molecular flexibility index (Phi) is 11.6. The fraction of sp³-hybridized carbons (Fsp3) is 0.278. The van der Waals surface area contributed by atoms with Gasteiger partial charge in [-0.25, -0.2) is 0 Å². The summed E-state index contributed by atoms with van der Waals surface area (Å²) in [5.74, 6) is 0.555. The molecule has 42 heavy (non-hydrogen) atoms. The number of aromatic hydroxyl groups is 2. The fourth-order valence-electron chi connectivity index (χ4n) is 4.72. The molecule has 4 aromatic rings. The second-order valence-electron chi connectivity index (χ2n) is 10.3. The molecule has 4 aromatic carbocycles. The first kappa shape index (κ1) is 30.4. The minimum absolute atomic E-state index is 0.0712. The highest BCUT2D eigenvalue weighted by Gasteiger charge is 2.15. The summed E-state index contributed by atoms with van der Waals surface area (Å²) in [7, 11) is 0. The van der Waals surface area contributed by atoms with Crippen molar-refractivity contribution in [3.05, 3.63) is 119 Å². The van der Waals surface area contributed by atoms with Crippen LogP contribution in [0.4, 0.5) is 0 Å². The van der Waals surface area contributed by atoms with E-state index in [-0.39, 0.29) is 34.2 Å². The van der Waals surface area contributed by atoms with E-state index < -0.39 is 0 Å². The smallest absolute Gasteiger partial charge is 0.196 e. The molecule has 0 bridgehead atoms. The number of benzene rings is 4. The van der Waals surface area contributed by atoms with Crippen molar-refractivity contribution in [3.63, 3.8) is 0 Å². The standard InChI is InChI=1S/C36H38O6/c37-33-25-29(19-21-31(33)35(39)27-15-9-7-10-16-27)41-23-13-5-3-1-2-4-6-14-24-42-30-20-22-32(34(38)26-30)36(40)28-17-11-8-12-18-28/h7-12,15-22,25-26,37-38H,1-6,13-14,23-24H2. The third-order valence-corrected chi connectivity index (χ3v) is 7.08. The molecule has 0 aliphatic rings. The highest BCUT2D eigenvalue weighted by atomic mass is 16.5. The number of unbranched alkanes of at least 4 members (excludes halogenated alkanes) is 7. The Morgan fingerprint density at radius 2 is 0.833 bits per heavy atom. The van der Waals surface area contributed by atoms with E-state index >= 15 is 0 Å². The van der Waals surface area contributed by atoms with Gasteiger partial charge in [0.15, 0.2) is 11.6 Å². The lowest BCUT2D eigenvalue weighted by atomic mass is 10.0. The lowest BCUT2D eigenvalue weighted by Gasteiger charge is -2.10. The zero-order chi connectivity index (χ0) is 29.6. The van der Waals surface area contributed by atoms with Gasteiger partial charge in [-0.1, -0.05) is 99.2 Å². The molecule has 4 rings (SSSR count). The van der Waals surface area contributed by atoms with E-state index in [1.807, 2.05) is 12.1 Å². The predicted molar refractivity (Wildman–Crippen MR) is 164 cm³/mol. The van der Waals surface area contributed by atoms with E-state index in [4.69, 9.17) is 9.47 Å². The summed E-state index contributed by atoms with van der Waals surface area (Å²) < 4.78 is 11.5. The maximum atomic E-state index is 12.5. The van der Waals surface area contributed by atoms with Crippen LogP contribution in [0.1, 0.15) is 83.2 Å². The zero-order valence-electron chi connectivity index (χ0n) is 23.8. The number of hydrogen-bond acceptors (Lipinski definition) is 6. The van der Waals surface area contributed by atoms with Crippen LogP contribution in [0, 0.1) is 0 Å². The lowest BCUT2D eigenvalue weighted by molar-refractivity contribution is 0.102. The minimum Gasteiger partial charge on any atom is -0.507 e. The number of phenolic OH excluding ortho intramolecular Hbond substituents is 2. The molecule has 0 unspecified atom stereocenters. The van der Waals surface area contributed by atoms with Gasteiger partial charge >= 0.3 is 0 Å². The van der Waals surface area contributed by atoms with Crippen molar-refractivity contribution in [1.29, 1.82) is 0 Å². The molecule has 6 nitrogen and oxygen atoms in total. The average Bonchev–Trinajstić information content (AvgIpc) is 3.02. The van der Waals surface area contributed by atoms with E-state index in [0.717, 1.165) is 38.5 Å². The van der Waals surface area contributed by atoms with Crippen molar-refractivity contribution in [2.75, 3.05) is 13.2 Å². The van der Waals surface area contributed by atoms with Crippen LogP contribution in [-0.2, 0) is 0 Å². The number of rotatable bonds is 17. The van der Waals surface area contributed by atoms with Crippen LogP contribution in [0.3, 0.4) is 0 Å². The van der Waals surface area contributed by atoms with Gasteiger partial charge in [-0.15, -0.1) is 0 Å². The molecule has 218 valence electrons. The van der Waals surface area contributed by atoms with Crippen molar-refractivity contribution in [2.24, 2.45) is 0 Å². The second-order valence-corrected chi connectivity index (χ2v) is 10.3. The maximum absolute atomic E-state index is 12.5. The summed E-state index contributed by atoms with van der Waals surface area (Å²) in [6, 6.07) is 27.5. The first-order chi connectivity index (χ1) is 20.5. The van der Waals surface area contributed by atoms with Gasteiger partial charge in [0.25, 0.3) is 0 Å². The van der Waals surface area contributed by atoms with Gasteiger partial charge in [-0.3, -0.25) is 9.59 Å². The summed E-state index contributed by atoms with van der Waals surface area (Å²) in [6.45, 7) is 1.14. The normalized spacial score (nSPS) is 10.8. The predicted octanol–water partition coefficient (Wildman–Crippen LogP) is 8.14.